The third-order valence-electron chi connectivity index (χ3n) is 9.43. The van der Waals surface area contributed by atoms with Crippen LogP contribution in [0.4, 0.5) is 0 Å². The van der Waals surface area contributed by atoms with E-state index in [2.05, 4.69) is 5.32 Å². The summed E-state index contributed by atoms with van der Waals surface area (Å²) < 4.78 is 12.8. The highest BCUT2D eigenvalue weighted by molar-refractivity contribution is 5.99. The second kappa shape index (κ2) is 12.0. The van der Waals surface area contributed by atoms with Crippen LogP contribution in [0.2, 0.25) is 0 Å². The van der Waals surface area contributed by atoms with Gasteiger partial charge in [0.2, 0.25) is 17.7 Å². The second-order valence-corrected chi connectivity index (χ2v) is 11.9. The molecule has 2 saturated heterocycles. The van der Waals surface area contributed by atoms with Crippen molar-refractivity contribution in [1.82, 2.24) is 15.1 Å². The third kappa shape index (κ3) is 5.04. The minimum atomic E-state index is -1.39. The number of nitrogens with one attached hydrogen (secondary N) is 1. The van der Waals surface area contributed by atoms with E-state index >= 15 is 0 Å². The predicted octanol–water partition coefficient (Wildman–Crippen LogP) is 2.04. The molecule has 1 spiro atoms. The largest absolute Gasteiger partial charge is 0.455 e. The van der Waals surface area contributed by atoms with Gasteiger partial charge in [0.05, 0.1) is 25.2 Å². The monoisotopic (exact) mass is 577 g/mol. The summed E-state index contributed by atoms with van der Waals surface area (Å²) in [5.41, 5.74) is -0.670. The number of nitrogens with zero attached hydrogens (tertiary/aromatic N) is 2. The summed E-state index contributed by atoms with van der Waals surface area (Å²) in [5, 5.41) is 12.8. The smallest absolute Gasteiger partial charge is 0.313 e. The second-order valence-electron chi connectivity index (χ2n) is 11.9. The first-order valence-corrected chi connectivity index (χ1v) is 15.2. The van der Waals surface area contributed by atoms with Crippen LogP contribution in [-0.2, 0) is 28.7 Å². The van der Waals surface area contributed by atoms with Gasteiger partial charge in [-0.25, -0.2) is 0 Å². The molecule has 1 aromatic carbocycles. The minimum Gasteiger partial charge on any atom is -0.455 e. The number of ether oxygens (including phenoxy) is 2. The van der Waals surface area contributed by atoms with Crippen molar-refractivity contribution >= 4 is 23.7 Å². The Morgan fingerprint density at radius 2 is 1.79 bits per heavy atom. The molecular weight excluding hydrogens is 538 g/mol. The molecule has 10 heteroatoms. The Morgan fingerprint density at radius 3 is 2.55 bits per heavy atom. The zero-order chi connectivity index (χ0) is 29.3. The fourth-order valence-electron chi connectivity index (χ4n) is 7.49. The van der Waals surface area contributed by atoms with E-state index in [4.69, 9.17) is 9.47 Å². The summed E-state index contributed by atoms with van der Waals surface area (Å²) >= 11 is 0. The number of carbonyl (C=O) groups is 4. The standard InChI is InChI=1S/C32H39N3O7/c36-19-18-35-28-30(39)34(22-12-5-2-6-13-22)17-9-16-32(28)27(29(35)38)26-23(42-32)14-7-8-15-25(37)33-20-24(41-31(26)40)21-10-3-1-4-11-21/h1,3-4,7,9-11,14,16,22-24,26-28,36H,2,5-6,8,12-13,15,17-20H2,(H,33,37)/b14-7-/t23-,24+,26+,27+,28-,32+/m0/s1. The van der Waals surface area contributed by atoms with Gasteiger partial charge in [-0.1, -0.05) is 73.9 Å². The number of rotatable bonds is 4. The molecule has 4 heterocycles. The van der Waals surface area contributed by atoms with Gasteiger partial charge in [-0.15, -0.1) is 0 Å². The Morgan fingerprint density at radius 1 is 1.00 bits per heavy atom. The van der Waals surface area contributed by atoms with Crippen LogP contribution >= 0.6 is 0 Å². The van der Waals surface area contributed by atoms with Crippen LogP contribution < -0.4 is 5.32 Å². The minimum absolute atomic E-state index is 0.0376. The number of aliphatic hydroxyl groups excluding tert-OH is 1. The number of allylic oxidation sites excluding steroid dienone is 1. The Labute approximate surface area is 245 Å². The van der Waals surface area contributed by atoms with Crippen molar-refractivity contribution < 1.29 is 33.8 Å². The Kier molecular flexibility index (Phi) is 8.18. The first-order chi connectivity index (χ1) is 20.4. The molecule has 224 valence electrons. The number of hydrogen-bond donors (Lipinski definition) is 2. The molecule has 4 aliphatic heterocycles. The Bertz CT molecular complexity index is 1260. The molecule has 2 N–H and O–H groups in total. The maximum atomic E-state index is 14.3. The number of carbonyl (C=O) groups excluding carboxylic acids is 4. The molecule has 3 amide bonds. The number of likely N-dealkylation sites (tertiary alicyclic amines) is 1. The number of fused-ring (bicyclic) bond motifs is 2. The third-order valence-corrected chi connectivity index (χ3v) is 9.43. The van der Waals surface area contributed by atoms with Gasteiger partial charge in [0.25, 0.3) is 0 Å². The van der Waals surface area contributed by atoms with Crippen LogP contribution in [0.3, 0.4) is 0 Å². The van der Waals surface area contributed by atoms with Crippen LogP contribution in [0.25, 0.3) is 0 Å². The molecule has 0 radical (unpaired) electrons. The molecule has 3 fully saturated rings. The molecule has 6 rings (SSSR count). The fourth-order valence-corrected chi connectivity index (χ4v) is 7.49. The quantitative estimate of drug-likeness (QED) is 0.415. The van der Waals surface area contributed by atoms with Crippen LogP contribution in [0, 0.1) is 11.8 Å². The molecule has 0 bridgehead atoms. The van der Waals surface area contributed by atoms with E-state index in [1.54, 1.807) is 12.2 Å². The van der Waals surface area contributed by atoms with E-state index in [1.807, 2.05) is 47.4 Å². The Balaban J connectivity index is 1.39. The van der Waals surface area contributed by atoms with Gasteiger partial charge < -0.3 is 29.7 Å². The van der Waals surface area contributed by atoms with E-state index in [9.17, 15) is 24.3 Å². The lowest BCUT2D eigenvalue weighted by Crippen LogP contribution is -2.57. The zero-order valence-corrected chi connectivity index (χ0v) is 23.7. The molecule has 1 aliphatic carbocycles. The number of β-amino-alcohol motifs (C(OH)–C–C–N with tert-alkyl or cyclic N) is 1. The van der Waals surface area contributed by atoms with E-state index in [0.29, 0.717) is 18.5 Å². The number of amides is 3. The zero-order valence-electron chi connectivity index (χ0n) is 23.7. The van der Waals surface area contributed by atoms with Crippen LogP contribution in [-0.4, -0.2) is 88.6 Å². The first-order valence-electron chi connectivity index (χ1n) is 15.2. The highest BCUT2D eigenvalue weighted by Gasteiger charge is 2.71. The van der Waals surface area contributed by atoms with Crippen LogP contribution in [0.15, 0.2) is 54.6 Å². The lowest BCUT2D eigenvalue weighted by atomic mass is 9.77. The van der Waals surface area contributed by atoms with Crippen LogP contribution in [0.5, 0.6) is 0 Å². The molecule has 10 nitrogen and oxygen atoms in total. The molecular formula is C32H39N3O7. The summed E-state index contributed by atoms with van der Waals surface area (Å²) in [7, 11) is 0. The summed E-state index contributed by atoms with van der Waals surface area (Å²) in [5.74, 6) is -3.40. The van der Waals surface area contributed by atoms with Gasteiger partial charge in [-0.05, 0) is 24.8 Å². The maximum absolute atomic E-state index is 14.3. The highest BCUT2D eigenvalue weighted by Crippen LogP contribution is 2.53. The number of aliphatic hydroxyl groups is 1. The van der Waals surface area contributed by atoms with Gasteiger partial charge in [0, 0.05) is 25.6 Å². The van der Waals surface area contributed by atoms with Crippen LogP contribution in [0.1, 0.15) is 56.6 Å². The van der Waals surface area contributed by atoms with Crippen molar-refractivity contribution in [2.24, 2.45) is 11.8 Å². The van der Waals surface area contributed by atoms with Crippen molar-refractivity contribution in [2.75, 3.05) is 26.2 Å². The van der Waals surface area contributed by atoms with Crippen molar-refractivity contribution in [3.63, 3.8) is 0 Å². The van der Waals surface area contributed by atoms with E-state index in [1.165, 1.54) is 4.90 Å². The molecule has 0 aromatic heterocycles. The van der Waals surface area contributed by atoms with E-state index in [0.717, 1.165) is 32.1 Å². The molecule has 42 heavy (non-hydrogen) atoms. The van der Waals surface area contributed by atoms with Crippen molar-refractivity contribution in [3.8, 4) is 0 Å². The van der Waals surface area contributed by atoms with E-state index in [-0.39, 0.29) is 44.0 Å². The molecule has 1 aromatic rings. The summed E-state index contributed by atoms with van der Waals surface area (Å²) in [6.07, 6.45) is 11.4. The van der Waals surface area contributed by atoms with E-state index < -0.39 is 47.6 Å². The number of hydrogen-bond acceptors (Lipinski definition) is 7. The lowest BCUT2D eigenvalue weighted by molar-refractivity contribution is -0.160. The normalized spacial score (nSPS) is 34.8. The first kappa shape index (κ1) is 28.6. The molecule has 0 unspecified atom stereocenters. The Hall–Kier alpha value is -3.50. The SMILES string of the molecule is O=C1CC/C=C\[C@@H]2O[C@@]34C=CCN(C5CCCCC5)C(=O)[C@@H]3N(CCO)C(=O)[C@H]4[C@@H]2C(=O)O[C@@H](c2ccccc2)CN1. The van der Waals surface area contributed by atoms with Gasteiger partial charge in [0.15, 0.2) is 0 Å². The fraction of sp³-hybridized carbons (Fsp3) is 0.562. The van der Waals surface area contributed by atoms with Gasteiger partial charge >= 0.3 is 5.97 Å². The number of cyclic esters (lactones) is 1. The van der Waals surface area contributed by atoms with Crippen molar-refractivity contribution in [2.45, 2.75) is 74.8 Å². The summed E-state index contributed by atoms with van der Waals surface area (Å²) in [4.78, 5) is 58.4. The topological polar surface area (TPSA) is 125 Å². The average molecular weight is 578 g/mol. The highest BCUT2D eigenvalue weighted by atomic mass is 16.6. The number of benzene rings is 1. The van der Waals surface area contributed by atoms with Crippen molar-refractivity contribution in [1.29, 1.82) is 0 Å². The average Bonchev–Trinajstić information content (AvgIpc) is 3.38. The lowest BCUT2D eigenvalue weighted by Gasteiger charge is -2.39. The molecule has 6 atom stereocenters. The van der Waals surface area contributed by atoms with Crippen molar-refractivity contribution in [3.05, 3.63) is 60.2 Å². The molecule has 1 saturated carbocycles. The number of esters is 1. The van der Waals surface area contributed by atoms with Gasteiger partial charge in [-0.3, -0.25) is 19.2 Å². The van der Waals surface area contributed by atoms with Gasteiger partial charge in [-0.2, -0.15) is 0 Å². The predicted molar refractivity (Wildman–Crippen MR) is 152 cm³/mol. The summed E-state index contributed by atoms with van der Waals surface area (Å²) in [6.45, 7) is 0.136. The summed E-state index contributed by atoms with van der Waals surface area (Å²) in [6, 6.07) is 8.25. The molecule has 5 aliphatic rings. The van der Waals surface area contributed by atoms with Gasteiger partial charge in [0.1, 0.15) is 23.7 Å². The maximum Gasteiger partial charge on any atom is 0.313 e.